The van der Waals surface area contributed by atoms with Crippen LogP contribution >= 0.6 is 11.6 Å². The van der Waals surface area contributed by atoms with Gasteiger partial charge >= 0.3 is 0 Å². The van der Waals surface area contributed by atoms with Crippen LogP contribution in [0.15, 0.2) is 0 Å². The fourth-order valence-corrected chi connectivity index (χ4v) is 3.10. The summed E-state index contributed by atoms with van der Waals surface area (Å²) in [5, 5.41) is 0.620. The fraction of sp³-hybridized carbons (Fsp3) is 0.692. The highest BCUT2D eigenvalue weighted by Gasteiger charge is 2.34. The zero-order valence-electron chi connectivity index (χ0n) is 11.0. The van der Waals surface area contributed by atoms with E-state index in [4.69, 9.17) is 16.6 Å². The van der Waals surface area contributed by atoms with Crippen molar-refractivity contribution in [2.24, 2.45) is 0 Å². The van der Waals surface area contributed by atoms with Crippen molar-refractivity contribution >= 4 is 11.6 Å². The van der Waals surface area contributed by atoms with Gasteiger partial charge < -0.3 is 0 Å². The average Bonchev–Trinajstić information content (AvgIpc) is 2.43. The highest BCUT2D eigenvalue weighted by atomic mass is 35.5. The monoisotopic (exact) mass is 266 g/mol. The van der Waals surface area contributed by atoms with Gasteiger partial charge in [-0.25, -0.2) is 9.97 Å². The average molecular weight is 267 g/mol. The van der Waals surface area contributed by atoms with Gasteiger partial charge in [-0.05, 0) is 13.3 Å². The van der Waals surface area contributed by atoms with Crippen molar-refractivity contribution < 1.29 is 0 Å². The van der Waals surface area contributed by atoms with Crippen LogP contribution in [0.2, 0.25) is 5.15 Å². The zero-order chi connectivity index (χ0) is 12.7. The molecule has 98 valence electrons. The first-order chi connectivity index (χ1) is 8.69. The molecule has 0 spiro atoms. The van der Waals surface area contributed by atoms with E-state index in [0.717, 1.165) is 43.1 Å². The Kier molecular flexibility index (Phi) is 3.26. The normalized spacial score (nSPS) is 30.7. The Morgan fingerprint density at radius 2 is 1.94 bits per heavy atom. The summed E-state index contributed by atoms with van der Waals surface area (Å²) in [6.45, 7) is 9.77. The molecule has 0 N–H and O–H groups in total. The molecule has 4 heterocycles. The molecule has 4 rings (SSSR count). The summed E-state index contributed by atoms with van der Waals surface area (Å²) < 4.78 is 0. The van der Waals surface area contributed by atoms with Gasteiger partial charge in [0.1, 0.15) is 11.0 Å². The number of hydrogen-bond acceptors (Lipinski definition) is 4. The molecule has 0 amide bonds. The van der Waals surface area contributed by atoms with Crippen LogP contribution in [0.3, 0.4) is 0 Å². The summed E-state index contributed by atoms with van der Waals surface area (Å²) in [5.41, 5.74) is 2.11. The summed E-state index contributed by atoms with van der Waals surface area (Å²) in [7, 11) is 0. The molecule has 0 saturated carbocycles. The van der Waals surface area contributed by atoms with Crippen LogP contribution in [0.4, 0.5) is 0 Å². The maximum absolute atomic E-state index is 6.24. The van der Waals surface area contributed by atoms with Crippen LogP contribution < -0.4 is 0 Å². The molecule has 1 aromatic rings. The molecule has 3 aliphatic heterocycles. The van der Waals surface area contributed by atoms with Crippen molar-refractivity contribution in [2.45, 2.75) is 26.3 Å². The third-order valence-corrected chi connectivity index (χ3v) is 4.48. The van der Waals surface area contributed by atoms with Gasteiger partial charge in [0.2, 0.25) is 0 Å². The van der Waals surface area contributed by atoms with Crippen molar-refractivity contribution in [2.75, 3.05) is 32.7 Å². The predicted octanol–water partition coefficient (Wildman–Crippen LogP) is 1.67. The van der Waals surface area contributed by atoms with E-state index < -0.39 is 0 Å². The molecule has 1 unspecified atom stereocenters. The Balaban J connectivity index is 1.94. The predicted molar refractivity (Wildman–Crippen MR) is 71.9 cm³/mol. The minimum atomic E-state index is 0.330. The summed E-state index contributed by atoms with van der Waals surface area (Å²) in [6, 6.07) is 0.330. The van der Waals surface area contributed by atoms with Crippen molar-refractivity contribution in [3.05, 3.63) is 22.2 Å². The van der Waals surface area contributed by atoms with Gasteiger partial charge in [0.15, 0.2) is 0 Å². The van der Waals surface area contributed by atoms with Crippen LogP contribution in [0, 0.1) is 6.92 Å². The number of fused-ring (bicyclic) bond motifs is 3. The van der Waals surface area contributed by atoms with Gasteiger partial charge in [0, 0.05) is 44.0 Å². The van der Waals surface area contributed by atoms with E-state index in [1.54, 1.807) is 0 Å². The molecule has 0 aromatic carbocycles. The highest BCUT2D eigenvalue weighted by Crippen LogP contribution is 2.28. The topological polar surface area (TPSA) is 32.3 Å². The number of hydrogen-bond donors (Lipinski definition) is 0. The minimum absolute atomic E-state index is 0.330. The molecule has 1 aromatic heterocycles. The van der Waals surface area contributed by atoms with E-state index in [1.165, 1.54) is 13.1 Å². The van der Waals surface area contributed by atoms with Gasteiger partial charge in [-0.15, -0.1) is 0 Å². The summed E-state index contributed by atoms with van der Waals surface area (Å²) in [6.07, 6.45) is 0.914. The van der Waals surface area contributed by atoms with E-state index in [1.807, 2.05) is 6.92 Å². The van der Waals surface area contributed by atoms with Crippen LogP contribution in [0.1, 0.15) is 30.0 Å². The number of aryl methyl sites for hydroxylation is 1. The summed E-state index contributed by atoms with van der Waals surface area (Å²) >= 11 is 6.24. The highest BCUT2D eigenvalue weighted by molar-refractivity contribution is 6.30. The molecule has 18 heavy (non-hydrogen) atoms. The number of aromatic nitrogens is 2. The molecule has 0 aliphatic carbocycles. The third-order valence-electron chi connectivity index (χ3n) is 4.12. The minimum Gasteiger partial charge on any atom is -0.299 e. The maximum Gasteiger partial charge on any atom is 0.148 e. The smallest absolute Gasteiger partial charge is 0.148 e. The van der Waals surface area contributed by atoms with E-state index >= 15 is 0 Å². The SMILES string of the molecule is CCc1nc(C2CN3CCN2CC3)nc(Cl)c1C. The molecule has 4 nitrogen and oxygen atoms in total. The largest absolute Gasteiger partial charge is 0.299 e. The molecule has 0 radical (unpaired) electrons. The molecular weight excluding hydrogens is 248 g/mol. The van der Waals surface area contributed by atoms with Gasteiger partial charge in [-0.2, -0.15) is 0 Å². The lowest BCUT2D eigenvalue weighted by atomic mass is 10.1. The van der Waals surface area contributed by atoms with Crippen LogP contribution in [-0.2, 0) is 6.42 Å². The van der Waals surface area contributed by atoms with Gasteiger partial charge in [-0.3, -0.25) is 9.80 Å². The third kappa shape index (κ3) is 2.02. The molecule has 3 fully saturated rings. The Morgan fingerprint density at radius 3 is 2.50 bits per heavy atom. The Morgan fingerprint density at radius 1 is 1.22 bits per heavy atom. The molecule has 5 heteroatoms. The van der Waals surface area contributed by atoms with Crippen molar-refractivity contribution in [3.63, 3.8) is 0 Å². The molecule has 3 aliphatic rings. The fourth-order valence-electron chi connectivity index (χ4n) is 2.91. The number of piperazine rings is 3. The molecule has 2 bridgehead atoms. The lowest BCUT2D eigenvalue weighted by Crippen LogP contribution is -2.57. The Labute approximate surface area is 113 Å². The second kappa shape index (κ2) is 4.76. The first-order valence-electron chi connectivity index (χ1n) is 6.68. The molecular formula is C13H19ClN4. The number of nitrogens with zero attached hydrogens (tertiary/aromatic N) is 4. The van der Waals surface area contributed by atoms with Crippen molar-refractivity contribution in [3.8, 4) is 0 Å². The van der Waals surface area contributed by atoms with E-state index in [9.17, 15) is 0 Å². The Hall–Kier alpha value is -0.710. The summed E-state index contributed by atoms with van der Waals surface area (Å²) in [4.78, 5) is 14.2. The first kappa shape index (κ1) is 12.3. The van der Waals surface area contributed by atoms with E-state index in [-0.39, 0.29) is 0 Å². The maximum atomic E-state index is 6.24. The van der Waals surface area contributed by atoms with Gasteiger partial charge in [0.25, 0.3) is 0 Å². The lowest BCUT2D eigenvalue weighted by Gasteiger charge is -2.46. The lowest BCUT2D eigenvalue weighted by molar-refractivity contribution is 0.00855. The zero-order valence-corrected chi connectivity index (χ0v) is 11.7. The van der Waals surface area contributed by atoms with Crippen LogP contribution in [0.25, 0.3) is 0 Å². The van der Waals surface area contributed by atoms with Gasteiger partial charge in [-0.1, -0.05) is 18.5 Å². The second-order valence-corrected chi connectivity index (χ2v) is 5.51. The molecule has 1 atom stereocenters. The summed E-state index contributed by atoms with van der Waals surface area (Å²) in [5.74, 6) is 0.909. The number of halogens is 1. The van der Waals surface area contributed by atoms with Crippen LogP contribution in [-0.4, -0.2) is 52.5 Å². The van der Waals surface area contributed by atoms with Crippen LogP contribution in [0.5, 0.6) is 0 Å². The Bertz CT molecular complexity index is 455. The van der Waals surface area contributed by atoms with E-state index in [2.05, 4.69) is 21.7 Å². The quantitative estimate of drug-likeness (QED) is 0.763. The van der Waals surface area contributed by atoms with E-state index in [0.29, 0.717) is 11.2 Å². The van der Waals surface area contributed by atoms with Gasteiger partial charge in [0.05, 0.1) is 6.04 Å². The van der Waals surface area contributed by atoms with Crippen molar-refractivity contribution in [1.29, 1.82) is 0 Å². The van der Waals surface area contributed by atoms with Crippen molar-refractivity contribution in [1.82, 2.24) is 19.8 Å². The molecule has 3 saturated heterocycles. The standard InChI is InChI=1S/C13H19ClN4/c1-3-10-9(2)12(14)16-13(15-10)11-8-17-4-6-18(11)7-5-17/h11H,3-8H2,1-2H3. The second-order valence-electron chi connectivity index (χ2n) is 5.15. The first-order valence-corrected chi connectivity index (χ1v) is 7.06. The number of rotatable bonds is 2.